The number of benzene rings is 9. The van der Waals surface area contributed by atoms with Crippen LogP contribution >= 0.6 is 11.3 Å². The molecule has 0 spiro atoms. The van der Waals surface area contributed by atoms with Gasteiger partial charge in [-0.2, -0.15) is 0 Å². The molecule has 10 aromatic rings. The smallest absolute Gasteiger partial charge is 0.0462 e. The second-order valence-electron chi connectivity index (χ2n) is 13.3. The number of rotatable bonds is 6. The van der Waals surface area contributed by atoms with E-state index in [4.69, 9.17) is 0 Å². The molecule has 0 N–H and O–H groups in total. The van der Waals surface area contributed by atoms with Crippen molar-refractivity contribution in [2.75, 3.05) is 4.90 Å². The number of para-hydroxylation sites is 1. The minimum atomic E-state index is 1.12. The van der Waals surface area contributed by atoms with Crippen LogP contribution in [0.3, 0.4) is 0 Å². The molecule has 0 atom stereocenters. The molecule has 10 rings (SSSR count). The molecule has 52 heavy (non-hydrogen) atoms. The van der Waals surface area contributed by atoms with Crippen molar-refractivity contribution >= 4 is 70.1 Å². The van der Waals surface area contributed by atoms with Crippen molar-refractivity contribution in [3.8, 4) is 33.4 Å². The molecule has 0 bridgehead atoms. The minimum Gasteiger partial charge on any atom is -0.311 e. The number of anilines is 3. The van der Waals surface area contributed by atoms with Gasteiger partial charge in [-0.1, -0.05) is 152 Å². The highest BCUT2D eigenvalue weighted by Gasteiger charge is 2.18. The summed E-state index contributed by atoms with van der Waals surface area (Å²) in [6, 6.07) is 72.7. The van der Waals surface area contributed by atoms with Crippen LogP contribution in [0.25, 0.3) is 75.1 Å². The Balaban J connectivity index is 1.14. The Hall–Kier alpha value is -6.48. The van der Waals surface area contributed by atoms with E-state index < -0.39 is 0 Å². The maximum Gasteiger partial charge on any atom is 0.0462 e. The highest BCUT2D eigenvalue weighted by atomic mass is 32.1. The SMILES string of the molecule is c1ccc(-c2ccc(N(c3ccccc3)c3ccc(-c4cc(-c5ccccc5)cc5c4sc4c5ccc5ccc6ccccc6c54)cc3)cc2)cc1. The normalized spacial score (nSPS) is 11.5. The third kappa shape index (κ3) is 5.24. The van der Waals surface area contributed by atoms with E-state index in [2.05, 4.69) is 205 Å². The molecule has 0 unspecified atom stereocenters. The molecule has 0 saturated heterocycles. The highest BCUT2D eigenvalue weighted by Crippen LogP contribution is 2.47. The van der Waals surface area contributed by atoms with Crippen molar-refractivity contribution in [2.45, 2.75) is 0 Å². The molecule has 0 amide bonds. The summed E-state index contributed by atoms with van der Waals surface area (Å²) < 4.78 is 2.67. The second kappa shape index (κ2) is 12.7. The summed E-state index contributed by atoms with van der Waals surface area (Å²) in [4.78, 5) is 2.34. The van der Waals surface area contributed by atoms with Crippen molar-refractivity contribution in [1.29, 1.82) is 0 Å². The van der Waals surface area contributed by atoms with Crippen LogP contribution in [0.4, 0.5) is 17.1 Å². The molecule has 0 aliphatic heterocycles. The molecule has 0 saturated carbocycles. The van der Waals surface area contributed by atoms with Gasteiger partial charge in [-0.05, 0) is 92.5 Å². The van der Waals surface area contributed by atoms with E-state index in [0.717, 1.165) is 17.1 Å². The first-order valence-electron chi connectivity index (χ1n) is 17.8. The zero-order valence-electron chi connectivity index (χ0n) is 28.4. The lowest BCUT2D eigenvalue weighted by molar-refractivity contribution is 1.28. The van der Waals surface area contributed by atoms with Crippen molar-refractivity contribution in [3.05, 3.63) is 200 Å². The standard InChI is InChI=1S/C50H33NS/c1-4-12-34(13-5-1)36-22-27-42(28-23-36)51(41-17-8-3-9-18-41)43-29-24-38(25-30-43)46-32-40(35-14-6-2-7-15-35)33-47-45-31-26-39-21-20-37-16-10-11-19-44(37)48(39)50(45)52-49(46)47/h1-33H. The van der Waals surface area contributed by atoms with Gasteiger partial charge >= 0.3 is 0 Å². The summed E-state index contributed by atoms with van der Waals surface area (Å²) in [5, 5.41) is 7.83. The van der Waals surface area contributed by atoms with Crippen LogP contribution in [0.5, 0.6) is 0 Å². The van der Waals surface area contributed by atoms with Gasteiger partial charge in [0.25, 0.3) is 0 Å². The molecular formula is C50H33NS. The van der Waals surface area contributed by atoms with Crippen LogP contribution in [0.2, 0.25) is 0 Å². The van der Waals surface area contributed by atoms with Crippen molar-refractivity contribution in [2.24, 2.45) is 0 Å². The third-order valence-corrected chi connectivity index (χ3v) is 11.5. The number of hydrogen-bond donors (Lipinski definition) is 0. The largest absolute Gasteiger partial charge is 0.311 e. The molecule has 1 aromatic heterocycles. The monoisotopic (exact) mass is 679 g/mol. The average Bonchev–Trinajstić information content (AvgIpc) is 3.61. The molecule has 1 heterocycles. The topological polar surface area (TPSA) is 3.24 Å². The Morgan fingerprint density at radius 2 is 0.827 bits per heavy atom. The van der Waals surface area contributed by atoms with Gasteiger partial charge in [0.15, 0.2) is 0 Å². The van der Waals surface area contributed by atoms with Crippen molar-refractivity contribution in [1.82, 2.24) is 0 Å². The number of fused-ring (bicyclic) bond motifs is 7. The van der Waals surface area contributed by atoms with Gasteiger partial charge in [0, 0.05) is 48.2 Å². The van der Waals surface area contributed by atoms with Gasteiger partial charge in [-0.15, -0.1) is 11.3 Å². The molecule has 244 valence electrons. The summed E-state index contributed by atoms with van der Waals surface area (Å²) in [5.41, 5.74) is 10.7. The number of nitrogens with zero attached hydrogens (tertiary/aromatic N) is 1. The minimum absolute atomic E-state index is 1.12. The van der Waals surface area contributed by atoms with Crippen LogP contribution in [0.15, 0.2) is 200 Å². The van der Waals surface area contributed by atoms with Crippen molar-refractivity contribution in [3.63, 3.8) is 0 Å². The third-order valence-electron chi connectivity index (χ3n) is 10.2. The van der Waals surface area contributed by atoms with Gasteiger partial charge in [-0.3, -0.25) is 0 Å². The first kappa shape index (κ1) is 30.4. The lowest BCUT2D eigenvalue weighted by Crippen LogP contribution is -2.09. The van der Waals surface area contributed by atoms with Gasteiger partial charge in [0.05, 0.1) is 0 Å². The fourth-order valence-corrected chi connectivity index (χ4v) is 9.07. The van der Waals surface area contributed by atoms with Gasteiger partial charge in [-0.25, -0.2) is 0 Å². The van der Waals surface area contributed by atoms with Crippen LogP contribution in [0, 0.1) is 0 Å². The first-order valence-corrected chi connectivity index (χ1v) is 18.6. The molecule has 9 aromatic carbocycles. The van der Waals surface area contributed by atoms with E-state index in [9.17, 15) is 0 Å². The molecular weight excluding hydrogens is 647 g/mol. The molecule has 0 radical (unpaired) electrons. The Morgan fingerprint density at radius 1 is 0.308 bits per heavy atom. The number of hydrogen-bond acceptors (Lipinski definition) is 2. The van der Waals surface area contributed by atoms with Gasteiger partial charge in [0.1, 0.15) is 0 Å². The van der Waals surface area contributed by atoms with E-state index in [1.165, 1.54) is 75.1 Å². The average molecular weight is 680 g/mol. The van der Waals surface area contributed by atoms with Gasteiger partial charge < -0.3 is 4.90 Å². The molecule has 2 heteroatoms. The van der Waals surface area contributed by atoms with Crippen LogP contribution < -0.4 is 4.90 Å². The predicted octanol–water partition coefficient (Wildman–Crippen LogP) is 14.8. The lowest BCUT2D eigenvalue weighted by Gasteiger charge is -2.26. The zero-order valence-corrected chi connectivity index (χ0v) is 29.2. The van der Waals surface area contributed by atoms with Crippen LogP contribution in [-0.2, 0) is 0 Å². The summed E-state index contributed by atoms with van der Waals surface area (Å²) >= 11 is 1.92. The van der Waals surface area contributed by atoms with E-state index >= 15 is 0 Å². The number of thiophene rings is 1. The Kier molecular flexibility index (Phi) is 7.41. The van der Waals surface area contributed by atoms with E-state index in [1.807, 2.05) is 11.3 Å². The second-order valence-corrected chi connectivity index (χ2v) is 14.3. The molecule has 0 fully saturated rings. The first-order chi connectivity index (χ1) is 25.8. The fraction of sp³-hybridized carbons (Fsp3) is 0. The Bertz CT molecular complexity index is 2860. The quantitative estimate of drug-likeness (QED) is 0.158. The summed E-state index contributed by atoms with van der Waals surface area (Å²) in [7, 11) is 0. The molecule has 1 nitrogen and oxygen atoms in total. The van der Waals surface area contributed by atoms with E-state index in [-0.39, 0.29) is 0 Å². The van der Waals surface area contributed by atoms with Gasteiger partial charge in [0.2, 0.25) is 0 Å². The lowest BCUT2D eigenvalue weighted by atomic mass is 9.95. The van der Waals surface area contributed by atoms with Crippen molar-refractivity contribution < 1.29 is 0 Å². The van der Waals surface area contributed by atoms with E-state index in [1.54, 1.807) is 0 Å². The maximum absolute atomic E-state index is 2.40. The summed E-state index contributed by atoms with van der Waals surface area (Å²) in [6.45, 7) is 0. The van der Waals surface area contributed by atoms with E-state index in [0.29, 0.717) is 0 Å². The maximum atomic E-state index is 2.40. The molecule has 0 aliphatic carbocycles. The highest BCUT2D eigenvalue weighted by molar-refractivity contribution is 7.27. The van der Waals surface area contributed by atoms with Crippen LogP contribution in [-0.4, -0.2) is 0 Å². The van der Waals surface area contributed by atoms with Crippen LogP contribution in [0.1, 0.15) is 0 Å². The molecule has 0 aliphatic rings. The summed E-state index contributed by atoms with van der Waals surface area (Å²) in [6.07, 6.45) is 0. The Morgan fingerprint density at radius 3 is 1.52 bits per heavy atom. The zero-order chi connectivity index (χ0) is 34.4. The summed E-state index contributed by atoms with van der Waals surface area (Å²) in [5.74, 6) is 0. The Labute approximate surface area is 307 Å². The fourth-order valence-electron chi connectivity index (χ4n) is 7.68. The predicted molar refractivity (Wildman–Crippen MR) is 225 cm³/mol.